The zero-order valence-corrected chi connectivity index (χ0v) is 18.4. The van der Waals surface area contributed by atoms with Gasteiger partial charge in [0.2, 0.25) is 5.91 Å². The number of nitrogens with zero attached hydrogens (tertiary/aromatic N) is 2. The molecule has 0 spiro atoms. The molecule has 4 nitrogen and oxygen atoms in total. The lowest BCUT2D eigenvalue weighted by Gasteiger charge is -2.35. The summed E-state index contributed by atoms with van der Waals surface area (Å²) in [7, 11) is 0. The lowest BCUT2D eigenvalue weighted by Crippen LogP contribution is -2.50. The van der Waals surface area contributed by atoms with E-state index in [1.165, 1.54) is 18.3 Å². The molecule has 2 N–H and O–H groups in total. The number of benzene rings is 2. The molecule has 0 saturated heterocycles. The Kier molecular flexibility index (Phi) is 7.23. The van der Waals surface area contributed by atoms with Gasteiger partial charge in [-0.3, -0.25) is 9.69 Å². The van der Waals surface area contributed by atoms with Crippen LogP contribution < -0.4 is 10.6 Å². The molecule has 1 atom stereocenters. The molecule has 1 heterocycles. The Morgan fingerprint density at radius 3 is 2.11 bits per heavy atom. The summed E-state index contributed by atoms with van der Waals surface area (Å²) in [6.45, 7) is 5.81. The number of thiazole rings is 1. The molecule has 3 aromatic rings. The van der Waals surface area contributed by atoms with Gasteiger partial charge in [-0.2, -0.15) is 0 Å². The molecule has 2 aromatic carbocycles. The predicted octanol–water partition coefficient (Wildman–Crippen LogP) is 5.09. The van der Waals surface area contributed by atoms with Gasteiger partial charge < -0.3 is 5.73 Å². The van der Waals surface area contributed by atoms with Crippen molar-refractivity contribution < 1.29 is 4.79 Å². The Labute approximate surface area is 180 Å². The van der Waals surface area contributed by atoms with Gasteiger partial charge in [0.15, 0.2) is 5.13 Å². The van der Waals surface area contributed by atoms with Crippen molar-refractivity contribution in [3.05, 3.63) is 81.3 Å². The van der Waals surface area contributed by atoms with E-state index < -0.39 is 5.54 Å². The second-order valence-electron chi connectivity index (χ2n) is 6.70. The Morgan fingerprint density at radius 1 is 1.11 bits per heavy atom. The topological polar surface area (TPSA) is 59.2 Å². The fourth-order valence-corrected chi connectivity index (χ4v) is 3.91. The molecular weight excluding hydrogens is 413 g/mol. The number of hydrogen-bond acceptors (Lipinski definition) is 4. The van der Waals surface area contributed by atoms with E-state index in [2.05, 4.69) is 4.98 Å². The number of amides is 1. The van der Waals surface area contributed by atoms with Crippen LogP contribution in [-0.4, -0.2) is 17.4 Å². The Balaban J connectivity index is 0.00000280. The number of anilines is 1. The van der Waals surface area contributed by atoms with Gasteiger partial charge in [0.1, 0.15) is 0 Å². The summed E-state index contributed by atoms with van der Waals surface area (Å²) < 4.78 is 0. The van der Waals surface area contributed by atoms with E-state index in [4.69, 9.17) is 17.3 Å². The maximum Gasteiger partial charge on any atom is 0.225 e. The maximum atomic E-state index is 12.4. The zero-order chi connectivity index (χ0) is 19.6. The van der Waals surface area contributed by atoms with Crippen LogP contribution in [0.3, 0.4) is 0 Å². The van der Waals surface area contributed by atoms with Gasteiger partial charge in [0, 0.05) is 23.0 Å². The molecule has 3 rings (SSSR count). The van der Waals surface area contributed by atoms with Gasteiger partial charge in [-0.05, 0) is 37.1 Å². The van der Waals surface area contributed by atoms with Crippen molar-refractivity contribution in [3.8, 4) is 0 Å². The normalized spacial score (nSPS) is 12.8. The van der Waals surface area contributed by atoms with Gasteiger partial charge in [0.05, 0.1) is 12.1 Å². The van der Waals surface area contributed by atoms with Crippen LogP contribution in [0, 0.1) is 13.8 Å². The summed E-state index contributed by atoms with van der Waals surface area (Å²) in [4.78, 5) is 19.5. The number of aromatic nitrogens is 1. The highest BCUT2D eigenvalue weighted by atomic mass is 35.5. The highest BCUT2D eigenvalue weighted by Crippen LogP contribution is 2.32. The van der Waals surface area contributed by atoms with Crippen LogP contribution >= 0.6 is 35.3 Å². The number of rotatable bonds is 5. The molecule has 0 aliphatic heterocycles. The number of halogens is 2. The van der Waals surface area contributed by atoms with Crippen molar-refractivity contribution in [1.29, 1.82) is 0 Å². The first-order valence-electron chi connectivity index (χ1n) is 8.62. The average Bonchev–Trinajstić information content (AvgIpc) is 3.06. The largest absolute Gasteiger partial charge is 0.316 e. The molecule has 0 saturated carbocycles. The molecule has 0 fully saturated rings. The molecule has 148 valence electrons. The zero-order valence-electron chi connectivity index (χ0n) is 16.0. The molecule has 1 aromatic heterocycles. The maximum absolute atomic E-state index is 12.4. The summed E-state index contributed by atoms with van der Waals surface area (Å²) in [5.74, 6) is -0.0970. The molecule has 0 aliphatic rings. The highest BCUT2D eigenvalue weighted by molar-refractivity contribution is 7.15. The van der Waals surface area contributed by atoms with Gasteiger partial charge in [-0.15, -0.1) is 23.7 Å². The molecule has 0 aliphatic carbocycles. The Bertz CT molecular complexity index is 894. The third-order valence-electron chi connectivity index (χ3n) is 4.55. The number of nitrogens with two attached hydrogens (primary N) is 1. The van der Waals surface area contributed by atoms with Crippen LogP contribution in [0.25, 0.3) is 0 Å². The third kappa shape index (κ3) is 4.73. The average molecular weight is 436 g/mol. The molecular formula is C21H23Cl2N3OS. The quantitative estimate of drug-likeness (QED) is 0.606. The van der Waals surface area contributed by atoms with Crippen LogP contribution in [0.1, 0.15) is 28.5 Å². The molecule has 28 heavy (non-hydrogen) atoms. The molecule has 0 bridgehead atoms. The van der Waals surface area contributed by atoms with Gasteiger partial charge in [-0.25, -0.2) is 4.98 Å². The molecule has 1 amide bonds. The predicted molar refractivity (Wildman–Crippen MR) is 120 cm³/mol. The third-order valence-corrected chi connectivity index (χ3v) is 5.74. The number of carbonyl (C=O) groups excluding carboxylic acids is 1. The van der Waals surface area contributed by atoms with E-state index in [0.717, 1.165) is 21.6 Å². The lowest BCUT2D eigenvalue weighted by molar-refractivity contribution is -0.116. The summed E-state index contributed by atoms with van der Waals surface area (Å²) in [6, 6.07) is 15.5. The van der Waals surface area contributed by atoms with Crippen LogP contribution in [0.2, 0.25) is 5.02 Å². The first-order valence-corrected chi connectivity index (χ1v) is 9.81. The number of hydrogen-bond donors (Lipinski definition) is 1. The van der Waals surface area contributed by atoms with Gasteiger partial charge in [0.25, 0.3) is 0 Å². The van der Waals surface area contributed by atoms with Crippen LogP contribution in [-0.2, 0) is 10.3 Å². The summed E-state index contributed by atoms with van der Waals surface area (Å²) in [5.41, 5.74) is 9.02. The van der Waals surface area contributed by atoms with Crippen LogP contribution in [0.4, 0.5) is 5.13 Å². The van der Waals surface area contributed by atoms with Crippen molar-refractivity contribution in [2.45, 2.75) is 26.3 Å². The monoisotopic (exact) mass is 435 g/mol. The fraction of sp³-hybridized carbons (Fsp3) is 0.238. The number of carbonyl (C=O) groups is 1. The highest BCUT2D eigenvalue weighted by Gasteiger charge is 2.34. The van der Waals surface area contributed by atoms with E-state index in [1.807, 2.05) is 62.4 Å². The van der Waals surface area contributed by atoms with E-state index in [9.17, 15) is 4.79 Å². The van der Waals surface area contributed by atoms with Crippen molar-refractivity contribution in [3.63, 3.8) is 0 Å². The Hall–Kier alpha value is -1.92. The first kappa shape index (κ1) is 22.4. The summed E-state index contributed by atoms with van der Waals surface area (Å²) >= 11 is 7.55. The summed E-state index contributed by atoms with van der Waals surface area (Å²) in [5, 5.41) is 1.29. The minimum Gasteiger partial charge on any atom is -0.316 e. The van der Waals surface area contributed by atoms with Gasteiger partial charge in [-0.1, -0.05) is 53.6 Å². The van der Waals surface area contributed by atoms with E-state index in [1.54, 1.807) is 11.1 Å². The first-order chi connectivity index (χ1) is 12.8. The Morgan fingerprint density at radius 2 is 1.64 bits per heavy atom. The minimum atomic E-state index is -0.899. The van der Waals surface area contributed by atoms with Crippen LogP contribution in [0.5, 0.6) is 0 Å². The van der Waals surface area contributed by atoms with Crippen molar-refractivity contribution >= 4 is 46.4 Å². The van der Waals surface area contributed by atoms with E-state index in [-0.39, 0.29) is 24.9 Å². The SMILES string of the molecule is CC(=O)N(C[C@@](N)(c1ccc(C)cc1)c1ccc(Cl)cc1)c1ncc(C)s1.Cl. The number of aryl methyl sites for hydroxylation is 2. The molecule has 0 unspecified atom stereocenters. The van der Waals surface area contributed by atoms with Crippen molar-refractivity contribution in [1.82, 2.24) is 4.98 Å². The molecule has 0 radical (unpaired) electrons. The minimum absolute atomic E-state index is 0. The fourth-order valence-electron chi connectivity index (χ4n) is 2.98. The van der Waals surface area contributed by atoms with E-state index in [0.29, 0.717) is 10.2 Å². The van der Waals surface area contributed by atoms with Crippen molar-refractivity contribution in [2.75, 3.05) is 11.4 Å². The smallest absolute Gasteiger partial charge is 0.225 e. The van der Waals surface area contributed by atoms with Gasteiger partial charge >= 0.3 is 0 Å². The van der Waals surface area contributed by atoms with Crippen LogP contribution in [0.15, 0.2) is 54.7 Å². The van der Waals surface area contributed by atoms with Crippen molar-refractivity contribution in [2.24, 2.45) is 5.73 Å². The van der Waals surface area contributed by atoms with E-state index >= 15 is 0 Å². The standard InChI is InChI=1S/C21H22ClN3OS.ClH/c1-14-4-6-17(7-5-14)21(23,18-8-10-19(22)11-9-18)13-25(16(3)26)20-24-12-15(2)27-20;/h4-12H,13,23H2,1-3H3;1H/t21-;/m1./s1. The second-order valence-corrected chi connectivity index (χ2v) is 8.35. The second kappa shape index (κ2) is 9.05. The lowest BCUT2D eigenvalue weighted by atomic mass is 9.83. The summed E-state index contributed by atoms with van der Waals surface area (Å²) in [6.07, 6.45) is 1.77. The molecule has 7 heteroatoms.